The molecular weight excluding hydrogens is 248 g/mol. The number of para-hydroxylation sites is 2. The van der Waals surface area contributed by atoms with Crippen molar-refractivity contribution in [1.29, 1.82) is 0 Å². The molecule has 0 saturated carbocycles. The fraction of sp³-hybridized carbons (Fsp3) is 0.235. The van der Waals surface area contributed by atoms with Crippen molar-refractivity contribution in [3.8, 4) is 0 Å². The highest BCUT2D eigenvalue weighted by Crippen LogP contribution is 2.25. The van der Waals surface area contributed by atoms with Gasteiger partial charge >= 0.3 is 0 Å². The summed E-state index contributed by atoms with van der Waals surface area (Å²) in [6.07, 6.45) is 0.793. The van der Waals surface area contributed by atoms with Crippen LogP contribution in [0.1, 0.15) is 11.1 Å². The summed E-state index contributed by atoms with van der Waals surface area (Å²) < 4.78 is 0. The van der Waals surface area contributed by atoms with Gasteiger partial charge in [-0.3, -0.25) is 4.79 Å². The quantitative estimate of drug-likeness (QED) is 0.876. The SMILES string of the molecule is Cc1ccccc1NC(=O)C1CNc2ccccc2C1. The minimum atomic E-state index is -0.0236. The first-order valence-electron chi connectivity index (χ1n) is 6.92. The number of benzene rings is 2. The summed E-state index contributed by atoms with van der Waals surface area (Å²) in [5, 5.41) is 6.36. The zero-order chi connectivity index (χ0) is 13.9. The Morgan fingerprint density at radius 1 is 1.15 bits per heavy atom. The second kappa shape index (κ2) is 5.37. The van der Waals surface area contributed by atoms with E-state index in [4.69, 9.17) is 0 Å². The van der Waals surface area contributed by atoms with Gasteiger partial charge in [0.05, 0.1) is 5.92 Å². The average Bonchev–Trinajstić information content (AvgIpc) is 2.49. The summed E-state index contributed by atoms with van der Waals surface area (Å²) in [6, 6.07) is 16.0. The maximum atomic E-state index is 12.4. The Morgan fingerprint density at radius 2 is 1.90 bits per heavy atom. The molecule has 20 heavy (non-hydrogen) atoms. The number of hydrogen-bond donors (Lipinski definition) is 2. The lowest BCUT2D eigenvalue weighted by Crippen LogP contribution is -2.33. The first-order chi connectivity index (χ1) is 9.74. The average molecular weight is 266 g/mol. The van der Waals surface area contributed by atoms with Crippen LogP contribution in [0.15, 0.2) is 48.5 Å². The van der Waals surface area contributed by atoms with Crippen LogP contribution in [-0.4, -0.2) is 12.5 Å². The molecule has 0 radical (unpaired) electrons. The third-order valence-electron chi connectivity index (χ3n) is 3.80. The van der Waals surface area contributed by atoms with Gasteiger partial charge in [-0.05, 0) is 36.6 Å². The van der Waals surface area contributed by atoms with Crippen molar-refractivity contribution in [2.45, 2.75) is 13.3 Å². The minimum absolute atomic E-state index is 0.0236. The fourth-order valence-electron chi connectivity index (χ4n) is 2.57. The fourth-order valence-corrected chi connectivity index (χ4v) is 2.57. The van der Waals surface area contributed by atoms with Crippen molar-refractivity contribution in [3.05, 3.63) is 59.7 Å². The molecule has 2 aromatic carbocycles. The number of rotatable bonds is 2. The molecule has 102 valence electrons. The highest BCUT2D eigenvalue weighted by molar-refractivity contribution is 5.94. The number of anilines is 2. The van der Waals surface area contributed by atoms with Crippen molar-refractivity contribution in [3.63, 3.8) is 0 Å². The summed E-state index contributed by atoms with van der Waals surface area (Å²) in [5.74, 6) is 0.0609. The van der Waals surface area contributed by atoms with Gasteiger partial charge in [0.1, 0.15) is 0 Å². The summed E-state index contributed by atoms with van der Waals surface area (Å²) in [5.41, 5.74) is 4.34. The molecule has 0 saturated heterocycles. The zero-order valence-corrected chi connectivity index (χ0v) is 11.5. The van der Waals surface area contributed by atoms with Gasteiger partial charge in [-0.1, -0.05) is 36.4 Å². The molecule has 1 atom stereocenters. The van der Waals surface area contributed by atoms with E-state index >= 15 is 0 Å². The van der Waals surface area contributed by atoms with Crippen LogP contribution in [0.5, 0.6) is 0 Å². The van der Waals surface area contributed by atoms with Gasteiger partial charge in [0.15, 0.2) is 0 Å². The number of hydrogen-bond acceptors (Lipinski definition) is 2. The second-order valence-corrected chi connectivity index (χ2v) is 5.24. The molecule has 1 amide bonds. The standard InChI is InChI=1S/C17H18N2O/c1-12-6-2-4-8-15(12)19-17(20)14-10-13-7-3-5-9-16(13)18-11-14/h2-9,14,18H,10-11H2,1H3,(H,19,20). The number of nitrogens with one attached hydrogen (secondary N) is 2. The minimum Gasteiger partial charge on any atom is -0.384 e. The van der Waals surface area contributed by atoms with Crippen LogP contribution < -0.4 is 10.6 Å². The van der Waals surface area contributed by atoms with Crippen molar-refractivity contribution in [1.82, 2.24) is 0 Å². The molecule has 0 aliphatic carbocycles. The molecule has 0 spiro atoms. The predicted molar refractivity (Wildman–Crippen MR) is 81.9 cm³/mol. The van der Waals surface area contributed by atoms with Crippen LogP contribution in [0.2, 0.25) is 0 Å². The van der Waals surface area contributed by atoms with Crippen LogP contribution >= 0.6 is 0 Å². The van der Waals surface area contributed by atoms with Crippen molar-refractivity contribution >= 4 is 17.3 Å². The number of amides is 1. The predicted octanol–water partition coefficient (Wildman–Crippen LogP) is 3.22. The van der Waals surface area contributed by atoms with E-state index in [0.717, 1.165) is 23.4 Å². The zero-order valence-electron chi connectivity index (χ0n) is 11.5. The molecule has 0 aromatic heterocycles. The van der Waals surface area contributed by atoms with Crippen LogP contribution in [0.4, 0.5) is 11.4 Å². The smallest absolute Gasteiger partial charge is 0.229 e. The lowest BCUT2D eigenvalue weighted by molar-refractivity contribution is -0.119. The van der Waals surface area contributed by atoms with Gasteiger partial charge in [-0.25, -0.2) is 0 Å². The Balaban J connectivity index is 1.72. The number of aryl methyl sites for hydroxylation is 1. The van der Waals surface area contributed by atoms with Gasteiger partial charge in [-0.2, -0.15) is 0 Å². The maximum absolute atomic E-state index is 12.4. The van der Waals surface area contributed by atoms with Gasteiger partial charge in [0.2, 0.25) is 5.91 Å². The molecule has 3 rings (SSSR count). The second-order valence-electron chi connectivity index (χ2n) is 5.24. The molecule has 2 aromatic rings. The lowest BCUT2D eigenvalue weighted by Gasteiger charge is -2.25. The summed E-state index contributed by atoms with van der Waals surface area (Å²) >= 11 is 0. The van der Waals surface area contributed by atoms with Crippen LogP contribution in [0.25, 0.3) is 0 Å². The maximum Gasteiger partial charge on any atom is 0.229 e. The molecule has 3 nitrogen and oxygen atoms in total. The van der Waals surface area contributed by atoms with Crippen molar-refractivity contribution in [2.24, 2.45) is 5.92 Å². The van der Waals surface area contributed by atoms with E-state index in [9.17, 15) is 4.79 Å². The third-order valence-corrected chi connectivity index (χ3v) is 3.80. The Labute approximate surface area is 119 Å². The number of carbonyl (C=O) groups excluding carboxylic acids is 1. The Bertz CT molecular complexity index is 636. The number of fused-ring (bicyclic) bond motifs is 1. The van der Waals surface area contributed by atoms with Crippen molar-refractivity contribution < 1.29 is 4.79 Å². The highest BCUT2D eigenvalue weighted by Gasteiger charge is 2.24. The molecule has 0 bridgehead atoms. The monoisotopic (exact) mass is 266 g/mol. The Morgan fingerprint density at radius 3 is 2.75 bits per heavy atom. The van der Waals surface area contributed by atoms with E-state index < -0.39 is 0 Å². The van der Waals surface area contributed by atoms with E-state index in [0.29, 0.717) is 6.54 Å². The molecular formula is C17H18N2O. The molecule has 2 N–H and O–H groups in total. The molecule has 1 aliphatic heterocycles. The molecule has 1 aliphatic rings. The van der Waals surface area contributed by atoms with Gasteiger partial charge in [0.25, 0.3) is 0 Å². The van der Waals surface area contributed by atoms with Crippen LogP contribution in [-0.2, 0) is 11.2 Å². The molecule has 3 heteroatoms. The van der Waals surface area contributed by atoms with Crippen molar-refractivity contribution in [2.75, 3.05) is 17.2 Å². The molecule has 1 unspecified atom stereocenters. The largest absolute Gasteiger partial charge is 0.384 e. The van der Waals surface area contributed by atoms with Gasteiger partial charge < -0.3 is 10.6 Å². The lowest BCUT2D eigenvalue weighted by atomic mass is 9.93. The highest BCUT2D eigenvalue weighted by atomic mass is 16.1. The molecule has 1 heterocycles. The first-order valence-corrected chi connectivity index (χ1v) is 6.92. The number of carbonyl (C=O) groups is 1. The third kappa shape index (κ3) is 2.52. The van der Waals surface area contributed by atoms with Gasteiger partial charge in [-0.15, -0.1) is 0 Å². The van der Waals surface area contributed by atoms with E-state index in [1.165, 1.54) is 5.56 Å². The van der Waals surface area contributed by atoms with E-state index in [1.807, 2.05) is 43.3 Å². The van der Waals surface area contributed by atoms with Crippen LogP contribution in [0, 0.1) is 12.8 Å². The van der Waals surface area contributed by atoms with Gasteiger partial charge in [0, 0.05) is 17.9 Å². The van der Waals surface area contributed by atoms with E-state index in [-0.39, 0.29) is 11.8 Å². The molecule has 0 fully saturated rings. The van der Waals surface area contributed by atoms with E-state index in [1.54, 1.807) is 0 Å². The first kappa shape index (κ1) is 12.7. The normalized spacial score (nSPS) is 16.9. The summed E-state index contributed by atoms with van der Waals surface area (Å²) in [7, 11) is 0. The Kier molecular flexibility index (Phi) is 3.42. The van der Waals surface area contributed by atoms with E-state index in [2.05, 4.69) is 22.8 Å². The summed E-state index contributed by atoms with van der Waals surface area (Å²) in [6.45, 7) is 2.69. The summed E-state index contributed by atoms with van der Waals surface area (Å²) in [4.78, 5) is 12.4. The Hall–Kier alpha value is -2.29. The topological polar surface area (TPSA) is 41.1 Å². The van der Waals surface area contributed by atoms with Crippen LogP contribution in [0.3, 0.4) is 0 Å².